The molecule has 0 aliphatic rings. The minimum absolute atomic E-state index is 0. The molecule has 1 radical (unpaired) electrons. The van der Waals surface area contributed by atoms with Gasteiger partial charge in [0.25, 0.3) is 0 Å². The van der Waals surface area contributed by atoms with Gasteiger partial charge in [-0.3, -0.25) is 9.59 Å². The Balaban J connectivity index is -0.0000000267. The van der Waals surface area contributed by atoms with Crippen LogP contribution in [-0.2, 0) is 26.4 Å². The second kappa shape index (κ2) is 22.5. The maximum Gasteiger partial charge on any atom is 0.317 e. The standard InChI is InChI=1S/2C2H5NO2.Co.2H2O/c2*3-1-2(4)5;;;/h2*1,3H2,(H,4,5);;2*1H2. The minimum Gasteiger partial charge on any atom is -0.480 e. The van der Waals surface area contributed by atoms with Gasteiger partial charge in [0.15, 0.2) is 0 Å². The number of carboxylic acids is 2. The monoisotopic (exact) mass is 245 g/mol. The molecule has 0 aliphatic carbocycles. The number of carboxylic acid groups (broad SMARTS) is 2. The van der Waals surface area contributed by atoms with E-state index in [0.717, 1.165) is 0 Å². The Morgan fingerprint density at radius 3 is 1.00 bits per heavy atom. The van der Waals surface area contributed by atoms with E-state index in [1.807, 2.05) is 0 Å². The molecule has 9 heteroatoms. The van der Waals surface area contributed by atoms with E-state index < -0.39 is 11.9 Å². The Labute approximate surface area is 84.7 Å². The van der Waals surface area contributed by atoms with Crippen molar-refractivity contribution in [3.8, 4) is 0 Å². The zero-order valence-corrected chi connectivity index (χ0v) is 7.65. The Morgan fingerprint density at radius 2 is 1.00 bits per heavy atom. The van der Waals surface area contributed by atoms with Crippen LogP contribution < -0.4 is 11.5 Å². The smallest absolute Gasteiger partial charge is 0.317 e. The van der Waals surface area contributed by atoms with Crippen LogP contribution >= 0.6 is 0 Å². The number of carbonyl (C=O) groups is 2. The van der Waals surface area contributed by atoms with Crippen molar-refractivity contribution in [2.75, 3.05) is 13.1 Å². The molecule has 0 aromatic rings. The van der Waals surface area contributed by atoms with Crippen molar-refractivity contribution in [2.45, 2.75) is 0 Å². The van der Waals surface area contributed by atoms with Crippen LogP contribution in [0.4, 0.5) is 0 Å². The molecule has 0 aliphatic heterocycles. The number of hydrogen-bond donors (Lipinski definition) is 4. The minimum atomic E-state index is -0.968. The molecular weight excluding hydrogens is 231 g/mol. The summed E-state index contributed by atoms with van der Waals surface area (Å²) in [4.78, 5) is 18.5. The van der Waals surface area contributed by atoms with E-state index in [2.05, 4.69) is 11.5 Å². The zero-order chi connectivity index (χ0) is 8.57. The van der Waals surface area contributed by atoms with E-state index in [4.69, 9.17) is 10.2 Å². The Kier molecular flexibility index (Phi) is 51.0. The fraction of sp³-hybridized carbons (Fsp3) is 0.500. The van der Waals surface area contributed by atoms with Crippen molar-refractivity contribution in [1.29, 1.82) is 0 Å². The van der Waals surface area contributed by atoms with E-state index in [1.165, 1.54) is 0 Å². The first-order chi connectivity index (χ1) is 4.54. The van der Waals surface area contributed by atoms with Gasteiger partial charge in [0.2, 0.25) is 0 Å². The van der Waals surface area contributed by atoms with E-state index in [0.29, 0.717) is 0 Å². The van der Waals surface area contributed by atoms with Crippen molar-refractivity contribution in [3.63, 3.8) is 0 Å². The van der Waals surface area contributed by atoms with Gasteiger partial charge in [-0.2, -0.15) is 0 Å². The molecule has 0 bridgehead atoms. The van der Waals surface area contributed by atoms with Gasteiger partial charge in [0.1, 0.15) is 0 Å². The summed E-state index contributed by atoms with van der Waals surface area (Å²) in [7, 11) is 0. The van der Waals surface area contributed by atoms with Crippen molar-refractivity contribution < 1.29 is 47.5 Å². The maximum absolute atomic E-state index is 9.24. The molecule has 0 atom stereocenters. The quantitative estimate of drug-likeness (QED) is 0.388. The van der Waals surface area contributed by atoms with Gasteiger partial charge < -0.3 is 32.6 Å². The fourth-order valence-electron chi connectivity index (χ4n) is 0. The van der Waals surface area contributed by atoms with Crippen LogP contribution in [0.3, 0.4) is 0 Å². The van der Waals surface area contributed by atoms with Crippen LogP contribution in [0.25, 0.3) is 0 Å². The van der Waals surface area contributed by atoms with Gasteiger partial charge in [0.05, 0.1) is 13.1 Å². The average Bonchev–Trinajstić information content (AvgIpc) is 1.89. The van der Waals surface area contributed by atoms with Gasteiger partial charge >= 0.3 is 11.9 Å². The number of aliphatic carboxylic acids is 2. The third-order valence-corrected chi connectivity index (χ3v) is 0.349. The summed E-state index contributed by atoms with van der Waals surface area (Å²) in [6.45, 7) is -0.556. The maximum atomic E-state index is 9.24. The van der Waals surface area contributed by atoms with Crippen LogP contribution in [0.2, 0.25) is 0 Å². The van der Waals surface area contributed by atoms with Gasteiger partial charge in [-0.25, -0.2) is 0 Å². The normalized spacial score (nSPS) is 5.69. The molecule has 0 heterocycles. The molecule has 0 unspecified atom stereocenters. The van der Waals surface area contributed by atoms with Gasteiger partial charge in [-0.05, 0) is 0 Å². The van der Waals surface area contributed by atoms with Gasteiger partial charge in [-0.15, -0.1) is 0 Å². The summed E-state index contributed by atoms with van der Waals surface area (Å²) in [5, 5.41) is 15.2. The Morgan fingerprint density at radius 1 is 0.923 bits per heavy atom. The fourth-order valence-corrected chi connectivity index (χ4v) is 0. The molecule has 13 heavy (non-hydrogen) atoms. The molecule has 0 aromatic carbocycles. The second-order valence-corrected chi connectivity index (χ2v) is 1.20. The third kappa shape index (κ3) is 90.1. The Hall–Kier alpha value is -0.714. The molecule has 85 valence electrons. The second-order valence-electron chi connectivity index (χ2n) is 1.20. The van der Waals surface area contributed by atoms with Crippen molar-refractivity contribution in [2.24, 2.45) is 11.5 Å². The van der Waals surface area contributed by atoms with E-state index in [9.17, 15) is 9.59 Å². The molecular formula is C4H14CoN2O6. The predicted octanol–water partition coefficient (Wildman–Crippen LogP) is -3.59. The van der Waals surface area contributed by atoms with Gasteiger partial charge in [0, 0.05) is 16.8 Å². The Bertz CT molecular complexity index is 107. The summed E-state index contributed by atoms with van der Waals surface area (Å²) in [6.07, 6.45) is 0. The van der Waals surface area contributed by atoms with E-state index in [1.54, 1.807) is 0 Å². The summed E-state index contributed by atoms with van der Waals surface area (Å²) < 4.78 is 0. The molecule has 0 fully saturated rings. The number of nitrogens with two attached hydrogens (primary N) is 2. The topological polar surface area (TPSA) is 190 Å². The molecule has 0 aromatic heterocycles. The van der Waals surface area contributed by atoms with E-state index >= 15 is 0 Å². The summed E-state index contributed by atoms with van der Waals surface area (Å²) in [6, 6.07) is 0. The molecule has 0 saturated heterocycles. The molecule has 0 amide bonds. The van der Waals surface area contributed by atoms with Crippen molar-refractivity contribution >= 4 is 11.9 Å². The predicted molar refractivity (Wildman–Crippen MR) is 40.6 cm³/mol. The first-order valence-electron chi connectivity index (χ1n) is 2.38. The van der Waals surface area contributed by atoms with Gasteiger partial charge in [-0.1, -0.05) is 0 Å². The summed E-state index contributed by atoms with van der Waals surface area (Å²) >= 11 is 0. The first-order valence-corrected chi connectivity index (χ1v) is 2.38. The molecule has 0 rings (SSSR count). The largest absolute Gasteiger partial charge is 0.480 e. The van der Waals surface area contributed by atoms with Crippen molar-refractivity contribution in [3.05, 3.63) is 0 Å². The molecule has 8 nitrogen and oxygen atoms in total. The van der Waals surface area contributed by atoms with Crippen LogP contribution in [0.5, 0.6) is 0 Å². The SMILES string of the molecule is NCC(=O)O.NCC(=O)O.O.O.[Co]. The van der Waals surface area contributed by atoms with Crippen LogP contribution in [0.15, 0.2) is 0 Å². The molecule has 0 spiro atoms. The zero-order valence-electron chi connectivity index (χ0n) is 6.61. The van der Waals surface area contributed by atoms with Crippen LogP contribution in [0.1, 0.15) is 0 Å². The van der Waals surface area contributed by atoms with Crippen molar-refractivity contribution in [1.82, 2.24) is 0 Å². The third-order valence-electron chi connectivity index (χ3n) is 0.349. The summed E-state index contributed by atoms with van der Waals surface area (Å²) in [5.41, 5.74) is 9.14. The van der Waals surface area contributed by atoms with Crippen LogP contribution in [-0.4, -0.2) is 46.2 Å². The van der Waals surface area contributed by atoms with E-state index in [-0.39, 0.29) is 40.8 Å². The average molecular weight is 245 g/mol. The summed E-state index contributed by atoms with van der Waals surface area (Å²) in [5.74, 6) is -1.94. The number of rotatable bonds is 2. The van der Waals surface area contributed by atoms with Crippen LogP contribution in [0, 0.1) is 0 Å². The number of hydrogen-bond acceptors (Lipinski definition) is 4. The first kappa shape index (κ1) is 29.5. The molecule has 0 saturated carbocycles. The molecule has 10 N–H and O–H groups in total.